The van der Waals surface area contributed by atoms with E-state index in [0.717, 1.165) is 11.3 Å². The van der Waals surface area contributed by atoms with Crippen molar-refractivity contribution in [1.29, 1.82) is 0 Å². The molecule has 0 saturated heterocycles. The Balaban J connectivity index is 1.44. The number of halogens is 1. The summed E-state index contributed by atoms with van der Waals surface area (Å²) in [6.45, 7) is 4.52. The summed E-state index contributed by atoms with van der Waals surface area (Å²) in [7, 11) is 1.79. The summed E-state index contributed by atoms with van der Waals surface area (Å²) in [5, 5.41) is 14.6. The number of hydrogen-bond donors (Lipinski definition) is 2. The van der Waals surface area contributed by atoms with Crippen molar-refractivity contribution in [3.63, 3.8) is 0 Å². The quantitative estimate of drug-likeness (QED) is 0.371. The molecule has 0 spiro atoms. The molecule has 4 aromatic rings. The van der Waals surface area contributed by atoms with Gasteiger partial charge >= 0.3 is 0 Å². The maximum absolute atomic E-state index is 13.0. The summed E-state index contributed by atoms with van der Waals surface area (Å²) in [5.74, 6) is -0.0710. The molecule has 0 bridgehead atoms. The molecule has 180 valence electrons. The van der Waals surface area contributed by atoms with Gasteiger partial charge in [0.1, 0.15) is 18.1 Å². The van der Waals surface area contributed by atoms with Crippen molar-refractivity contribution in [3.8, 4) is 5.75 Å². The van der Waals surface area contributed by atoms with Gasteiger partial charge in [-0.05, 0) is 49.7 Å². The molecule has 0 atom stereocenters. The van der Waals surface area contributed by atoms with Crippen molar-refractivity contribution >= 4 is 34.8 Å². The molecule has 0 radical (unpaired) electrons. The van der Waals surface area contributed by atoms with E-state index in [9.17, 15) is 9.59 Å². The minimum Gasteiger partial charge on any atom is -0.489 e. The van der Waals surface area contributed by atoms with Crippen LogP contribution in [0.25, 0.3) is 0 Å². The van der Waals surface area contributed by atoms with E-state index in [2.05, 4.69) is 20.8 Å². The van der Waals surface area contributed by atoms with E-state index in [1.807, 2.05) is 38.1 Å². The lowest BCUT2D eigenvalue weighted by Gasteiger charge is -2.10. The van der Waals surface area contributed by atoms with Gasteiger partial charge in [-0.25, -0.2) is 0 Å². The topological polar surface area (TPSA) is 103 Å². The molecule has 0 aliphatic carbocycles. The first-order valence-corrected chi connectivity index (χ1v) is 11.4. The van der Waals surface area contributed by atoms with Gasteiger partial charge in [-0.2, -0.15) is 10.2 Å². The maximum atomic E-state index is 13.0. The highest BCUT2D eigenvalue weighted by atomic mass is 35.5. The first-order valence-electron chi connectivity index (χ1n) is 11.0. The third-order valence-electron chi connectivity index (χ3n) is 5.50. The normalized spacial score (nSPS) is 10.7. The van der Waals surface area contributed by atoms with Gasteiger partial charge in [-0.1, -0.05) is 29.8 Å². The number of ether oxygens (including phenoxy) is 1. The van der Waals surface area contributed by atoms with E-state index in [0.29, 0.717) is 40.9 Å². The SMILES string of the molecule is CCn1ncc(NC(=O)c2ccc(COc3cccc(Cl)c3)cc2)c1C(=O)Nc1cnn(C)c1C. The van der Waals surface area contributed by atoms with Gasteiger partial charge in [0.05, 0.1) is 29.5 Å². The first kappa shape index (κ1) is 24.0. The van der Waals surface area contributed by atoms with E-state index >= 15 is 0 Å². The van der Waals surface area contributed by atoms with Crippen molar-refractivity contribution in [2.24, 2.45) is 7.05 Å². The van der Waals surface area contributed by atoms with Crippen LogP contribution in [0.1, 0.15) is 39.0 Å². The summed E-state index contributed by atoms with van der Waals surface area (Å²) >= 11 is 5.98. The van der Waals surface area contributed by atoms with Gasteiger partial charge in [0, 0.05) is 24.2 Å². The molecular formula is C25H25ClN6O3. The van der Waals surface area contributed by atoms with Crippen molar-refractivity contribution < 1.29 is 14.3 Å². The van der Waals surface area contributed by atoms with E-state index < -0.39 is 0 Å². The number of amides is 2. The second-order valence-corrected chi connectivity index (χ2v) is 8.28. The predicted molar refractivity (Wildman–Crippen MR) is 134 cm³/mol. The van der Waals surface area contributed by atoms with E-state index in [-0.39, 0.29) is 17.5 Å². The zero-order valence-corrected chi connectivity index (χ0v) is 20.3. The van der Waals surface area contributed by atoms with E-state index in [1.165, 1.54) is 10.9 Å². The van der Waals surface area contributed by atoms with Gasteiger partial charge in [-0.3, -0.25) is 19.0 Å². The lowest BCUT2D eigenvalue weighted by Crippen LogP contribution is -2.21. The molecule has 0 saturated carbocycles. The monoisotopic (exact) mass is 492 g/mol. The fourth-order valence-corrected chi connectivity index (χ4v) is 3.61. The standard InChI is InChI=1S/C25H25ClN6O3/c1-4-32-23(25(34)29-21-13-27-31(3)16(21)2)22(14-28-32)30-24(33)18-10-8-17(9-11-18)15-35-20-7-5-6-19(26)12-20/h5-14H,4,15H2,1-3H3,(H,29,34)(H,30,33). The zero-order valence-electron chi connectivity index (χ0n) is 19.6. The van der Waals surface area contributed by atoms with E-state index in [4.69, 9.17) is 16.3 Å². The van der Waals surface area contributed by atoms with Gasteiger partial charge in [0.25, 0.3) is 11.8 Å². The molecule has 35 heavy (non-hydrogen) atoms. The van der Waals surface area contributed by atoms with Crippen LogP contribution >= 0.6 is 11.6 Å². The Morgan fingerprint density at radius 1 is 1.00 bits per heavy atom. The van der Waals surface area contributed by atoms with Crippen molar-refractivity contribution in [2.45, 2.75) is 27.0 Å². The fraction of sp³-hybridized carbons (Fsp3) is 0.200. The zero-order chi connectivity index (χ0) is 24.9. The lowest BCUT2D eigenvalue weighted by molar-refractivity contribution is 0.101. The highest BCUT2D eigenvalue weighted by Crippen LogP contribution is 2.21. The van der Waals surface area contributed by atoms with Crippen molar-refractivity contribution in [2.75, 3.05) is 10.6 Å². The van der Waals surface area contributed by atoms with Crippen LogP contribution in [-0.2, 0) is 20.2 Å². The van der Waals surface area contributed by atoms with Gasteiger partial charge in [0.15, 0.2) is 0 Å². The summed E-state index contributed by atoms with van der Waals surface area (Å²) in [6, 6.07) is 14.2. The second-order valence-electron chi connectivity index (χ2n) is 7.84. The van der Waals surface area contributed by atoms with Crippen molar-refractivity contribution in [1.82, 2.24) is 19.6 Å². The number of anilines is 2. The largest absolute Gasteiger partial charge is 0.489 e. The molecule has 0 fully saturated rings. The molecule has 2 heterocycles. The van der Waals surface area contributed by atoms with Crippen LogP contribution in [0.4, 0.5) is 11.4 Å². The van der Waals surface area contributed by atoms with Crippen LogP contribution in [-0.4, -0.2) is 31.4 Å². The van der Waals surface area contributed by atoms with Crippen molar-refractivity contribution in [3.05, 3.63) is 88.5 Å². The molecular weight excluding hydrogens is 468 g/mol. The second kappa shape index (κ2) is 10.4. The third kappa shape index (κ3) is 5.52. The Morgan fingerprint density at radius 3 is 2.37 bits per heavy atom. The van der Waals surface area contributed by atoms with Crippen LogP contribution in [0.5, 0.6) is 5.75 Å². The van der Waals surface area contributed by atoms with Gasteiger partial charge in [-0.15, -0.1) is 0 Å². The average molecular weight is 493 g/mol. The minimum absolute atomic E-state index is 0.260. The summed E-state index contributed by atoms with van der Waals surface area (Å²) < 4.78 is 8.94. The smallest absolute Gasteiger partial charge is 0.276 e. The lowest BCUT2D eigenvalue weighted by atomic mass is 10.1. The molecule has 10 heteroatoms. The number of aryl methyl sites for hydroxylation is 2. The number of benzene rings is 2. The molecule has 2 amide bonds. The van der Waals surface area contributed by atoms with E-state index in [1.54, 1.807) is 42.2 Å². The van der Waals surface area contributed by atoms with Crippen LogP contribution in [0, 0.1) is 6.92 Å². The summed E-state index contributed by atoms with van der Waals surface area (Å²) in [4.78, 5) is 25.9. The van der Waals surface area contributed by atoms with Crippen LogP contribution < -0.4 is 15.4 Å². The number of rotatable bonds is 8. The predicted octanol–water partition coefficient (Wildman–Crippen LogP) is 4.68. The van der Waals surface area contributed by atoms with Gasteiger partial charge < -0.3 is 15.4 Å². The first-order chi connectivity index (χ1) is 16.9. The number of nitrogens with one attached hydrogen (secondary N) is 2. The maximum Gasteiger partial charge on any atom is 0.276 e. The number of nitrogens with zero attached hydrogens (tertiary/aromatic N) is 4. The number of carbonyl (C=O) groups is 2. The number of carbonyl (C=O) groups excluding carboxylic acids is 2. The third-order valence-corrected chi connectivity index (χ3v) is 5.74. The Hall–Kier alpha value is -4.11. The van der Waals surface area contributed by atoms with Crippen LogP contribution in [0.15, 0.2) is 60.9 Å². The highest BCUT2D eigenvalue weighted by Gasteiger charge is 2.21. The molecule has 0 aliphatic heterocycles. The fourth-order valence-electron chi connectivity index (χ4n) is 3.43. The Kier molecular flexibility index (Phi) is 7.17. The molecule has 2 aromatic carbocycles. The van der Waals surface area contributed by atoms with Gasteiger partial charge in [0.2, 0.25) is 0 Å². The van der Waals surface area contributed by atoms with Crippen LogP contribution in [0.2, 0.25) is 5.02 Å². The molecule has 4 rings (SSSR count). The molecule has 0 aliphatic rings. The summed E-state index contributed by atoms with van der Waals surface area (Å²) in [5.41, 5.74) is 3.32. The average Bonchev–Trinajstić information content (AvgIpc) is 3.41. The molecule has 9 nitrogen and oxygen atoms in total. The Morgan fingerprint density at radius 2 is 1.71 bits per heavy atom. The minimum atomic E-state index is -0.385. The highest BCUT2D eigenvalue weighted by molar-refractivity contribution is 6.30. The molecule has 0 unspecified atom stereocenters. The number of aromatic nitrogens is 4. The molecule has 2 N–H and O–H groups in total. The number of hydrogen-bond acceptors (Lipinski definition) is 5. The summed E-state index contributed by atoms with van der Waals surface area (Å²) in [6.07, 6.45) is 3.05. The Bertz CT molecular complexity index is 1360. The molecule has 2 aromatic heterocycles. The Labute approximate surface area is 207 Å². The van der Waals surface area contributed by atoms with Crippen LogP contribution in [0.3, 0.4) is 0 Å².